The second-order valence-electron chi connectivity index (χ2n) is 5.16. The molecule has 1 aromatic rings. The molecule has 0 aliphatic heterocycles. The Morgan fingerprint density at radius 2 is 1.50 bits per heavy atom. The SMILES string of the molecule is O=C(O)CCSC(=S)Cc1ccccc1.OCC(CO)(CO)CO. The number of aliphatic hydroxyl groups is 4. The molecule has 0 aromatic heterocycles. The Balaban J connectivity index is 0.000000506. The highest BCUT2D eigenvalue weighted by molar-refractivity contribution is 8.23. The molecule has 0 spiro atoms. The van der Waals surface area contributed by atoms with Crippen molar-refractivity contribution in [2.24, 2.45) is 5.41 Å². The maximum absolute atomic E-state index is 10.3. The minimum absolute atomic E-state index is 0.166. The Morgan fingerprint density at radius 1 is 1.00 bits per heavy atom. The third kappa shape index (κ3) is 9.96. The average Bonchev–Trinajstić information content (AvgIpc) is 2.58. The molecule has 0 unspecified atom stereocenters. The fourth-order valence-electron chi connectivity index (χ4n) is 1.37. The van der Waals surface area contributed by atoms with Crippen LogP contribution in [0.3, 0.4) is 0 Å². The number of carbonyl (C=O) groups is 1. The van der Waals surface area contributed by atoms with Gasteiger partial charge in [0.1, 0.15) is 0 Å². The molecule has 1 aromatic carbocycles. The summed E-state index contributed by atoms with van der Waals surface area (Å²) >= 11 is 6.61. The first-order valence-corrected chi connectivity index (χ1v) is 8.67. The highest BCUT2D eigenvalue weighted by Crippen LogP contribution is 2.12. The Morgan fingerprint density at radius 3 is 1.88 bits per heavy atom. The third-order valence-corrected chi connectivity index (χ3v) is 4.48. The number of rotatable bonds is 9. The van der Waals surface area contributed by atoms with E-state index in [9.17, 15) is 4.79 Å². The Hall–Kier alpha value is -1.03. The number of hydrogen-bond donors (Lipinski definition) is 5. The molecular formula is C16H24O6S2. The van der Waals surface area contributed by atoms with Crippen LogP contribution < -0.4 is 0 Å². The molecule has 0 aliphatic rings. The number of hydrogen-bond acceptors (Lipinski definition) is 7. The van der Waals surface area contributed by atoms with Gasteiger partial charge in [0.2, 0.25) is 0 Å². The topological polar surface area (TPSA) is 118 Å². The largest absolute Gasteiger partial charge is 0.481 e. The van der Waals surface area contributed by atoms with E-state index in [1.807, 2.05) is 30.3 Å². The molecule has 0 fully saturated rings. The van der Waals surface area contributed by atoms with Gasteiger partial charge in [0, 0.05) is 12.2 Å². The summed E-state index contributed by atoms with van der Waals surface area (Å²) in [6.07, 6.45) is 0.903. The monoisotopic (exact) mass is 376 g/mol. The first kappa shape index (κ1) is 23.0. The maximum Gasteiger partial charge on any atom is 0.304 e. The van der Waals surface area contributed by atoms with Crippen LogP contribution in [0.25, 0.3) is 0 Å². The highest BCUT2D eigenvalue weighted by Gasteiger charge is 2.26. The van der Waals surface area contributed by atoms with Gasteiger partial charge in [0.15, 0.2) is 0 Å². The number of aliphatic carboxylic acids is 1. The smallest absolute Gasteiger partial charge is 0.304 e. The normalized spacial score (nSPS) is 10.7. The second kappa shape index (κ2) is 13.3. The van der Waals surface area contributed by atoms with Gasteiger partial charge in [-0.15, -0.1) is 11.8 Å². The lowest BCUT2D eigenvalue weighted by Gasteiger charge is -2.23. The Bertz CT molecular complexity index is 459. The highest BCUT2D eigenvalue weighted by atomic mass is 32.2. The fraction of sp³-hybridized carbons (Fsp3) is 0.500. The van der Waals surface area contributed by atoms with Gasteiger partial charge in [-0.05, 0) is 5.56 Å². The summed E-state index contributed by atoms with van der Waals surface area (Å²) in [7, 11) is 0. The van der Waals surface area contributed by atoms with E-state index in [1.54, 1.807) is 0 Å². The van der Waals surface area contributed by atoms with Crippen LogP contribution in [0.5, 0.6) is 0 Å². The predicted molar refractivity (Wildman–Crippen MR) is 98.2 cm³/mol. The van der Waals surface area contributed by atoms with Crippen LogP contribution in [-0.4, -0.2) is 67.9 Å². The van der Waals surface area contributed by atoms with Gasteiger partial charge in [-0.2, -0.15) is 0 Å². The van der Waals surface area contributed by atoms with E-state index in [1.165, 1.54) is 17.3 Å². The van der Waals surface area contributed by atoms with Crippen LogP contribution in [0.2, 0.25) is 0 Å². The van der Waals surface area contributed by atoms with Crippen LogP contribution in [-0.2, 0) is 11.2 Å². The zero-order valence-electron chi connectivity index (χ0n) is 13.3. The maximum atomic E-state index is 10.3. The number of aliphatic hydroxyl groups excluding tert-OH is 4. The van der Waals surface area contributed by atoms with Gasteiger partial charge in [0.25, 0.3) is 0 Å². The average molecular weight is 376 g/mol. The van der Waals surface area contributed by atoms with Crippen molar-refractivity contribution in [1.82, 2.24) is 0 Å². The predicted octanol–water partition coefficient (Wildman–Crippen LogP) is 0.706. The summed E-state index contributed by atoms with van der Waals surface area (Å²) in [5.74, 6) is -0.217. The summed E-state index contributed by atoms with van der Waals surface area (Å²) in [4.78, 5) is 10.3. The van der Waals surface area contributed by atoms with Crippen molar-refractivity contribution in [3.63, 3.8) is 0 Å². The van der Waals surface area contributed by atoms with E-state index in [-0.39, 0.29) is 6.42 Å². The summed E-state index contributed by atoms with van der Waals surface area (Å²) < 4.78 is 0.849. The standard InChI is InChI=1S/C11H12O2S2.C5H12O4/c12-10(13)6-7-15-11(14)8-9-4-2-1-3-5-9;6-1-5(2-7,3-8)4-9/h1-5H,6-8H2,(H,12,13);6-9H,1-4H2. The van der Waals surface area contributed by atoms with Gasteiger partial charge in [-0.25, -0.2) is 0 Å². The lowest BCUT2D eigenvalue weighted by atomic mass is 9.93. The van der Waals surface area contributed by atoms with Crippen molar-refractivity contribution >= 4 is 34.1 Å². The van der Waals surface area contributed by atoms with Crippen LogP contribution in [0, 0.1) is 5.41 Å². The van der Waals surface area contributed by atoms with E-state index in [2.05, 4.69) is 0 Å². The lowest BCUT2D eigenvalue weighted by molar-refractivity contribution is -0.136. The Kier molecular flexibility index (Phi) is 12.7. The summed E-state index contributed by atoms with van der Waals surface area (Å²) in [5.41, 5.74) is 0.0605. The van der Waals surface area contributed by atoms with Crippen LogP contribution in [0.1, 0.15) is 12.0 Å². The minimum Gasteiger partial charge on any atom is -0.481 e. The van der Waals surface area contributed by atoms with Gasteiger partial charge >= 0.3 is 5.97 Å². The van der Waals surface area contributed by atoms with Crippen molar-refractivity contribution in [1.29, 1.82) is 0 Å². The molecular weight excluding hydrogens is 352 g/mol. The number of thioether (sulfide) groups is 1. The molecule has 0 atom stereocenters. The molecule has 0 amide bonds. The van der Waals surface area contributed by atoms with Crippen LogP contribution >= 0.6 is 24.0 Å². The molecule has 1 rings (SSSR count). The van der Waals surface area contributed by atoms with E-state index in [0.29, 0.717) is 5.75 Å². The quantitative estimate of drug-likeness (QED) is 0.400. The molecule has 6 nitrogen and oxygen atoms in total. The summed E-state index contributed by atoms with van der Waals surface area (Å²) in [5, 5.41) is 42.4. The van der Waals surface area contributed by atoms with Crippen molar-refractivity contribution in [3.05, 3.63) is 35.9 Å². The molecule has 0 saturated heterocycles. The number of carboxylic acids is 1. The number of thiocarbonyl (C=S) groups is 1. The molecule has 0 radical (unpaired) electrons. The molecule has 0 heterocycles. The van der Waals surface area contributed by atoms with Gasteiger partial charge < -0.3 is 25.5 Å². The van der Waals surface area contributed by atoms with Crippen molar-refractivity contribution in [2.75, 3.05) is 32.2 Å². The van der Waals surface area contributed by atoms with E-state index < -0.39 is 37.8 Å². The van der Waals surface area contributed by atoms with Gasteiger partial charge in [0.05, 0.1) is 42.5 Å². The van der Waals surface area contributed by atoms with Crippen LogP contribution in [0.15, 0.2) is 30.3 Å². The molecule has 8 heteroatoms. The molecule has 0 aliphatic carbocycles. The van der Waals surface area contributed by atoms with E-state index in [4.69, 9.17) is 37.8 Å². The van der Waals surface area contributed by atoms with Gasteiger partial charge in [-0.3, -0.25) is 4.79 Å². The van der Waals surface area contributed by atoms with Gasteiger partial charge in [-0.1, -0.05) is 42.5 Å². The van der Waals surface area contributed by atoms with Crippen molar-refractivity contribution in [2.45, 2.75) is 12.8 Å². The number of carboxylic acid groups (broad SMARTS) is 1. The third-order valence-electron chi connectivity index (χ3n) is 3.11. The number of benzene rings is 1. The first-order chi connectivity index (χ1) is 11.4. The fourth-order valence-corrected chi connectivity index (χ4v) is 2.56. The Labute approximate surface area is 151 Å². The first-order valence-electron chi connectivity index (χ1n) is 7.28. The molecule has 136 valence electrons. The molecule has 5 N–H and O–H groups in total. The van der Waals surface area contributed by atoms with Crippen molar-refractivity contribution < 1.29 is 30.3 Å². The summed E-state index contributed by atoms with van der Waals surface area (Å²) in [6, 6.07) is 9.94. The van der Waals surface area contributed by atoms with E-state index in [0.717, 1.165) is 10.6 Å². The lowest BCUT2D eigenvalue weighted by Crippen LogP contribution is -2.37. The molecule has 24 heavy (non-hydrogen) atoms. The zero-order valence-corrected chi connectivity index (χ0v) is 14.9. The zero-order chi connectivity index (χ0) is 18.4. The van der Waals surface area contributed by atoms with E-state index >= 15 is 0 Å². The molecule has 0 bridgehead atoms. The summed E-state index contributed by atoms with van der Waals surface area (Å²) in [6.45, 7) is -1.62. The van der Waals surface area contributed by atoms with Crippen LogP contribution in [0.4, 0.5) is 0 Å². The minimum atomic E-state index is -1.11. The second-order valence-corrected chi connectivity index (χ2v) is 7.10. The van der Waals surface area contributed by atoms with Crippen molar-refractivity contribution in [3.8, 4) is 0 Å². The molecule has 0 saturated carbocycles.